The molecule has 1 atom stereocenters. The maximum atomic E-state index is 13.0. The number of nitrogens with zero attached hydrogens (tertiary/aromatic N) is 1. The van der Waals surface area contributed by atoms with Gasteiger partial charge in [-0.15, -0.1) is 0 Å². The van der Waals surface area contributed by atoms with Gasteiger partial charge in [0.1, 0.15) is 0 Å². The van der Waals surface area contributed by atoms with Crippen molar-refractivity contribution in [1.29, 1.82) is 0 Å². The van der Waals surface area contributed by atoms with Gasteiger partial charge in [0, 0.05) is 12.1 Å². The molecule has 0 aromatic heterocycles. The SMILES string of the molecule is O=C(CN1CCCC(C(F)(F)F)C1)c1ccc(F)c(F)c1. The van der Waals surface area contributed by atoms with Gasteiger partial charge in [-0.3, -0.25) is 9.69 Å². The lowest BCUT2D eigenvalue weighted by Crippen LogP contribution is -2.43. The van der Waals surface area contributed by atoms with Gasteiger partial charge in [0.25, 0.3) is 0 Å². The number of halogens is 5. The number of piperidine rings is 1. The maximum absolute atomic E-state index is 13.0. The van der Waals surface area contributed by atoms with E-state index >= 15 is 0 Å². The first kappa shape index (κ1) is 15.9. The molecule has 1 aliphatic rings. The Labute approximate surface area is 118 Å². The molecule has 0 radical (unpaired) electrons. The van der Waals surface area contributed by atoms with Gasteiger partial charge in [0.15, 0.2) is 17.4 Å². The summed E-state index contributed by atoms with van der Waals surface area (Å²) in [6.07, 6.45) is -3.86. The molecule has 1 unspecified atom stereocenters. The van der Waals surface area contributed by atoms with Crippen LogP contribution in [-0.2, 0) is 0 Å². The summed E-state index contributed by atoms with van der Waals surface area (Å²) in [4.78, 5) is 13.3. The third kappa shape index (κ3) is 4.00. The van der Waals surface area contributed by atoms with Crippen LogP contribution < -0.4 is 0 Å². The van der Waals surface area contributed by atoms with Crippen molar-refractivity contribution in [1.82, 2.24) is 4.90 Å². The van der Waals surface area contributed by atoms with Gasteiger partial charge in [-0.05, 0) is 37.6 Å². The number of ketones is 1. The Hall–Kier alpha value is -1.50. The first-order valence-electron chi connectivity index (χ1n) is 6.54. The number of carbonyl (C=O) groups excluding carboxylic acids is 1. The monoisotopic (exact) mass is 307 g/mol. The Kier molecular flexibility index (Phi) is 4.61. The molecular weight excluding hydrogens is 293 g/mol. The van der Waals surface area contributed by atoms with E-state index in [2.05, 4.69) is 0 Å². The summed E-state index contributed by atoms with van der Waals surface area (Å²) in [5.41, 5.74) is -0.0389. The molecule has 0 aliphatic carbocycles. The molecular formula is C14H14F5NO. The molecule has 2 nitrogen and oxygen atoms in total. The highest BCUT2D eigenvalue weighted by molar-refractivity contribution is 5.97. The number of rotatable bonds is 3. The Morgan fingerprint density at radius 2 is 1.95 bits per heavy atom. The van der Waals surface area contributed by atoms with Crippen LogP contribution in [0.4, 0.5) is 22.0 Å². The van der Waals surface area contributed by atoms with Crippen molar-refractivity contribution >= 4 is 5.78 Å². The molecule has 0 amide bonds. The minimum absolute atomic E-state index is 0.0389. The van der Waals surface area contributed by atoms with Crippen LogP contribution in [0.2, 0.25) is 0 Å². The number of hydrogen-bond acceptors (Lipinski definition) is 2. The molecule has 1 saturated heterocycles. The van der Waals surface area contributed by atoms with E-state index in [1.165, 1.54) is 4.90 Å². The third-order valence-corrected chi connectivity index (χ3v) is 3.58. The molecule has 0 saturated carbocycles. The molecule has 116 valence electrons. The number of benzene rings is 1. The zero-order valence-electron chi connectivity index (χ0n) is 11.1. The van der Waals surface area contributed by atoms with E-state index in [0.29, 0.717) is 13.0 Å². The summed E-state index contributed by atoms with van der Waals surface area (Å²) in [6.45, 7) is -0.0709. The van der Waals surface area contributed by atoms with Gasteiger partial charge < -0.3 is 0 Å². The number of Topliss-reactive ketones (excluding diaryl/α,β-unsaturated/α-hetero) is 1. The van der Waals surface area contributed by atoms with E-state index in [-0.39, 0.29) is 25.1 Å². The fourth-order valence-corrected chi connectivity index (χ4v) is 2.43. The van der Waals surface area contributed by atoms with Crippen molar-refractivity contribution in [3.63, 3.8) is 0 Å². The molecule has 0 spiro atoms. The highest BCUT2D eigenvalue weighted by atomic mass is 19.4. The number of alkyl halides is 3. The Morgan fingerprint density at radius 1 is 1.24 bits per heavy atom. The quantitative estimate of drug-likeness (QED) is 0.630. The van der Waals surface area contributed by atoms with Crippen molar-refractivity contribution in [3.05, 3.63) is 35.4 Å². The summed E-state index contributed by atoms with van der Waals surface area (Å²) in [7, 11) is 0. The van der Waals surface area contributed by atoms with E-state index in [1.807, 2.05) is 0 Å². The minimum atomic E-state index is -4.27. The summed E-state index contributed by atoms with van der Waals surface area (Å²) in [6, 6.07) is 2.73. The van der Waals surface area contributed by atoms with Crippen LogP contribution in [0.5, 0.6) is 0 Å². The van der Waals surface area contributed by atoms with Crippen molar-refractivity contribution in [2.24, 2.45) is 5.92 Å². The lowest BCUT2D eigenvalue weighted by atomic mass is 9.97. The molecule has 1 aromatic carbocycles. The van der Waals surface area contributed by atoms with Gasteiger partial charge in [-0.25, -0.2) is 8.78 Å². The van der Waals surface area contributed by atoms with Crippen LogP contribution in [0, 0.1) is 17.6 Å². The number of carbonyl (C=O) groups is 1. The van der Waals surface area contributed by atoms with Crippen molar-refractivity contribution < 1.29 is 26.7 Å². The second-order valence-corrected chi connectivity index (χ2v) is 5.17. The second kappa shape index (κ2) is 6.09. The zero-order valence-corrected chi connectivity index (χ0v) is 11.1. The summed E-state index contributed by atoms with van der Waals surface area (Å²) < 4.78 is 63.8. The largest absolute Gasteiger partial charge is 0.393 e. The molecule has 0 N–H and O–H groups in total. The minimum Gasteiger partial charge on any atom is -0.295 e. The molecule has 21 heavy (non-hydrogen) atoms. The average Bonchev–Trinajstić information content (AvgIpc) is 2.41. The summed E-state index contributed by atoms with van der Waals surface area (Å²) in [5.74, 6) is -4.17. The lowest BCUT2D eigenvalue weighted by Gasteiger charge is -2.33. The first-order valence-corrected chi connectivity index (χ1v) is 6.54. The van der Waals surface area contributed by atoms with Crippen LogP contribution in [0.15, 0.2) is 18.2 Å². The van der Waals surface area contributed by atoms with Crippen molar-refractivity contribution in [2.45, 2.75) is 19.0 Å². The second-order valence-electron chi connectivity index (χ2n) is 5.17. The highest BCUT2D eigenvalue weighted by Crippen LogP contribution is 2.33. The van der Waals surface area contributed by atoms with Crippen LogP contribution in [0.25, 0.3) is 0 Å². The molecule has 1 aromatic rings. The van der Waals surface area contributed by atoms with Crippen molar-refractivity contribution in [3.8, 4) is 0 Å². The van der Waals surface area contributed by atoms with E-state index in [4.69, 9.17) is 0 Å². The normalized spacial score (nSPS) is 20.5. The number of hydrogen-bond donors (Lipinski definition) is 0. The molecule has 0 bridgehead atoms. The predicted molar refractivity (Wildman–Crippen MR) is 65.9 cm³/mol. The van der Waals surface area contributed by atoms with Crippen LogP contribution in [0.1, 0.15) is 23.2 Å². The van der Waals surface area contributed by atoms with E-state index in [0.717, 1.165) is 18.2 Å². The molecule has 2 rings (SSSR count). The fraction of sp³-hybridized carbons (Fsp3) is 0.500. The number of likely N-dealkylation sites (tertiary alicyclic amines) is 1. The van der Waals surface area contributed by atoms with Gasteiger partial charge in [0.2, 0.25) is 0 Å². The van der Waals surface area contributed by atoms with Crippen molar-refractivity contribution in [2.75, 3.05) is 19.6 Å². The van der Waals surface area contributed by atoms with E-state index < -0.39 is 29.5 Å². The Morgan fingerprint density at radius 3 is 2.57 bits per heavy atom. The van der Waals surface area contributed by atoms with Gasteiger partial charge in [-0.2, -0.15) is 13.2 Å². The maximum Gasteiger partial charge on any atom is 0.393 e. The zero-order chi connectivity index (χ0) is 15.6. The Balaban J connectivity index is 2.00. The molecule has 1 heterocycles. The van der Waals surface area contributed by atoms with E-state index in [9.17, 15) is 26.7 Å². The van der Waals surface area contributed by atoms with Crippen LogP contribution >= 0.6 is 0 Å². The molecule has 7 heteroatoms. The lowest BCUT2D eigenvalue weighted by molar-refractivity contribution is -0.186. The van der Waals surface area contributed by atoms with Gasteiger partial charge >= 0.3 is 6.18 Å². The van der Waals surface area contributed by atoms with Gasteiger partial charge in [0.05, 0.1) is 12.5 Å². The predicted octanol–water partition coefficient (Wildman–Crippen LogP) is 3.42. The average molecular weight is 307 g/mol. The smallest absolute Gasteiger partial charge is 0.295 e. The molecule has 1 aliphatic heterocycles. The fourth-order valence-electron chi connectivity index (χ4n) is 2.43. The summed E-state index contributed by atoms with van der Waals surface area (Å²) >= 11 is 0. The third-order valence-electron chi connectivity index (χ3n) is 3.58. The van der Waals surface area contributed by atoms with Crippen LogP contribution in [0.3, 0.4) is 0 Å². The Bertz CT molecular complexity index is 529. The van der Waals surface area contributed by atoms with Crippen LogP contribution in [-0.4, -0.2) is 36.5 Å². The molecule has 1 fully saturated rings. The standard InChI is InChI=1S/C14H14F5NO/c15-11-4-3-9(6-12(11)16)13(21)8-20-5-1-2-10(7-20)14(17,18)19/h3-4,6,10H,1-2,5,7-8H2. The summed E-state index contributed by atoms with van der Waals surface area (Å²) in [5, 5.41) is 0. The highest BCUT2D eigenvalue weighted by Gasteiger charge is 2.41. The topological polar surface area (TPSA) is 20.3 Å². The van der Waals surface area contributed by atoms with Gasteiger partial charge in [-0.1, -0.05) is 0 Å². The van der Waals surface area contributed by atoms with E-state index in [1.54, 1.807) is 0 Å². The first-order chi connectivity index (χ1) is 9.77.